The van der Waals surface area contributed by atoms with E-state index in [0.29, 0.717) is 35.0 Å². The Labute approximate surface area is 135 Å². The molecule has 0 aliphatic rings. The molecule has 0 saturated heterocycles. The summed E-state index contributed by atoms with van der Waals surface area (Å²) in [6, 6.07) is 12.6. The first-order chi connectivity index (χ1) is 11.1. The van der Waals surface area contributed by atoms with Gasteiger partial charge in [0.05, 0.1) is 5.69 Å². The molecule has 4 nitrogen and oxygen atoms in total. The molecule has 23 heavy (non-hydrogen) atoms. The zero-order valence-corrected chi connectivity index (χ0v) is 12.7. The van der Waals surface area contributed by atoms with E-state index in [1.807, 2.05) is 0 Å². The minimum absolute atomic E-state index is 0.270. The van der Waals surface area contributed by atoms with Crippen LogP contribution >= 0.6 is 11.8 Å². The van der Waals surface area contributed by atoms with E-state index in [1.165, 1.54) is 6.07 Å². The minimum Gasteiger partial charge on any atom is -0.484 e. The molecule has 0 aliphatic heterocycles. The van der Waals surface area contributed by atoms with Crippen molar-refractivity contribution in [1.82, 2.24) is 0 Å². The van der Waals surface area contributed by atoms with Crippen molar-refractivity contribution in [3.05, 3.63) is 54.1 Å². The SMILES string of the molecule is O=Cc1ccc(OCC(=O)Nc2ccccc2SC(F)F)cc1. The van der Waals surface area contributed by atoms with Crippen molar-refractivity contribution in [2.24, 2.45) is 0 Å². The lowest BCUT2D eigenvalue weighted by Crippen LogP contribution is -2.20. The molecule has 0 atom stereocenters. The molecule has 2 aromatic rings. The van der Waals surface area contributed by atoms with Crippen LogP contribution in [0.4, 0.5) is 14.5 Å². The molecule has 2 rings (SSSR count). The van der Waals surface area contributed by atoms with Crippen LogP contribution in [0.5, 0.6) is 5.75 Å². The first-order valence-electron chi connectivity index (χ1n) is 6.60. The Morgan fingerprint density at radius 2 is 1.87 bits per heavy atom. The van der Waals surface area contributed by atoms with E-state index in [4.69, 9.17) is 4.74 Å². The molecule has 1 amide bonds. The first-order valence-corrected chi connectivity index (χ1v) is 7.48. The number of amides is 1. The van der Waals surface area contributed by atoms with Gasteiger partial charge in [-0.05, 0) is 36.4 Å². The summed E-state index contributed by atoms with van der Waals surface area (Å²) in [5, 5.41) is 2.53. The van der Waals surface area contributed by atoms with E-state index in [0.717, 1.165) is 0 Å². The standard InChI is InChI=1S/C16H13F2NO3S/c17-16(18)23-14-4-2-1-3-13(14)19-15(21)10-22-12-7-5-11(9-20)6-8-12/h1-9,16H,10H2,(H,19,21). The lowest BCUT2D eigenvalue weighted by atomic mass is 10.2. The van der Waals surface area contributed by atoms with Crippen molar-refractivity contribution in [3.63, 3.8) is 0 Å². The summed E-state index contributed by atoms with van der Waals surface area (Å²) in [6.07, 6.45) is 0.702. The molecule has 7 heteroatoms. The molecule has 0 unspecified atom stereocenters. The number of hydrogen-bond acceptors (Lipinski definition) is 4. The van der Waals surface area contributed by atoms with E-state index in [9.17, 15) is 18.4 Å². The molecule has 2 aromatic carbocycles. The average molecular weight is 337 g/mol. The summed E-state index contributed by atoms with van der Waals surface area (Å²) < 4.78 is 30.2. The van der Waals surface area contributed by atoms with Crippen molar-refractivity contribution in [2.45, 2.75) is 10.7 Å². The van der Waals surface area contributed by atoms with Crippen LogP contribution in [-0.4, -0.2) is 24.6 Å². The van der Waals surface area contributed by atoms with Gasteiger partial charge in [0.2, 0.25) is 0 Å². The highest BCUT2D eigenvalue weighted by Crippen LogP contribution is 2.31. The number of alkyl halides is 2. The number of halogens is 2. The van der Waals surface area contributed by atoms with Crippen LogP contribution in [0.3, 0.4) is 0 Å². The monoisotopic (exact) mass is 337 g/mol. The smallest absolute Gasteiger partial charge is 0.288 e. The molecule has 0 fully saturated rings. The quantitative estimate of drug-likeness (QED) is 0.616. The van der Waals surface area contributed by atoms with Crippen LogP contribution in [0.2, 0.25) is 0 Å². The van der Waals surface area contributed by atoms with E-state index in [-0.39, 0.29) is 11.5 Å². The van der Waals surface area contributed by atoms with Crippen molar-refractivity contribution >= 4 is 29.6 Å². The number of anilines is 1. The predicted octanol–water partition coefficient (Wildman–Crippen LogP) is 3.83. The van der Waals surface area contributed by atoms with Crippen LogP contribution in [0.1, 0.15) is 10.4 Å². The lowest BCUT2D eigenvalue weighted by Gasteiger charge is -2.11. The van der Waals surface area contributed by atoms with E-state index in [1.54, 1.807) is 42.5 Å². The normalized spacial score (nSPS) is 10.4. The number of benzene rings is 2. The predicted molar refractivity (Wildman–Crippen MR) is 84.3 cm³/mol. The highest BCUT2D eigenvalue weighted by Gasteiger charge is 2.12. The molecule has 0 spiro atoms. The van der Waals surface area contributed by atoms with Crippen LogP contribution in [0, 0.1) is 0 Å². The molecule has 0 saturated carbocycles. The van der Waals surface area contributed by atoms with E-state index in [2.05, 4.69) is 5.32 Å². The minimum atomic E-state index is -2.57. The lowest BCUT2D eigenvalue weighted by molar-refractivity contribution is -0.118. The van der Waals surface area contributed by atoms with Crippen LogP contribution in [0.25, 0.3) is 0 Å². The highest BCUT2D eigenvalue weighted by molar-refractivity contribution is 7.99. The Balaban J connectivity index is 1.93. The van der Waals surface area contributed by atoms with Crippen LogP contribution in [0.15, 0.2) is 53.4 Å². The van der Waals surface area contributed by atoms with Crippen LogP contribution in [-0.2, 0) is 4.79 Å². The number of hydrogen-bond donors (Lipinski definition) is 1. The number of nitrogens with one attached hydrogen (secondary N) is 1. The molecule has 0 bridgehead atoms. The summed E-state index contributed by atoms with van der Waals surface area (Å²) in [5.74, 6) is -2.60. The molecule has 1 N–H and O–H groups in total. The van der Waals surface area contributed by atoms with Crippen molar-refractivity contribution in [3.8, 4) is 5.75 Å². The summed E-state index contributed by atoms with van der Waals surface area (Å²) >= 11 is 0.364. The van der Waals surface area contributed by atoms with Gasteiger partial charge in [-0.15, -0.1) is 0 Å². The third-order valence-corrected chi connectivity index (χ3v) is 3.55. The number of thioether (sulfide) groups is 1. The maximum Gasteiger partial charge on any atom is 0.288 e. The van der Waals surface area contributed by atoms with Crippen molar-refractivity contribution in [2.75, 3.05) is 11.9 Å². The number of rotatable bonds is 7. The molecule has 0 aliphatic carbocycles. The van der Waals surface area contributed by atoms with Gasteiger partial charge in [-0.3, -0.25) is 9.59 Å². The molecular formula is C16H13F2NO3S. The summed E-state index contributed by atoms with van der Waals surface area (Å²) in [6.45, 7) is -0.270. The first kappa shape index (κ1) is 17.0. The Morgan fingerprint density at radius 1 is 1.17 bits per heavy atom. The van der Waals surface area contributed by atoms with Gasteiger partial charge in [-0.25, -0.2) is 0 Å². The molecule has 0 aromatic heterocycles. The molecule has 0 heterocycles. The second-order valence-corrected chi connectivity index (χ2v) is 5.43. The van der Waals surface area contributed by atoms with Gasteiger partial charge in [0.25, 0.3) is 11.7 Å². The Kier molecular flexibility index (Phi) is 6.10. The van der Waals surface area contributed by atoms with Crippen molar-refractivity contribution in [1.29, 1.82) is 0 Å². The van der Waals surface area contributed by atoms with Gasteiger partial charge < -0.3 is 10.1 Å². The summed E-state index contributed by atoms with van der Waals surface area (Å²) in [7, 11) is 0. The zero-order chi connectivity index (χ0) is 16.7. The fourth-order valence-electron chi connectivity index (χ4n) is 1.75. The third kappa shape index (κ3) is 5.37. The topological polar surface area (TPSA) is 55.4 Å². The molecular weight excluding hydrogens is 324 g/mol. The maximum atomic E-state index is 12.5. The van der Waals surface area contributed by atoms with Gasteiger partial charge >= 0.3 is 0 Å². The summed E-state index contributed by atoms with van der Waals surface area (Å²) in [5.41, 5.74) is 0.808. The fraction of sp³-hybridized carbons (Fsp3) is 0.125. The van der Waals surface area contributed by atoms with E-state index >= 15 is 0 Å². The maximum absolute atomic E-state index is 12.5. The molecule has 120 valence electrons. The number of carbonyl (C=O) groups excluding carboxylic acids is 2. The second kappa shape index (κ2) is 8.28. The Hall–Kier alpha value is -2.41. The third-order valence-electron chi connectivity index (χ3n) is 2.76. The average Bonchev–Trinajstić information content (AvgIpc) is 2.55. The van der Waals surface area contributed by atoms with Crippen LogP contribution < -0.4 is 10.1 Å². The van der Waals surface area contributed by atoms with Crippen molar-refractivity contribution < 1.29 is 23.1 Å². The Bertz CT molecular complexity index is 677. The fourth-order valence-corrected chi connectivity index (χ4v) is 2.34. The van der Waals surface area contributed by atoms with Gasteiger partial charge in [-0.1, -0.05) is 23.9 Å². The van der Waals surface area contributed by atoms with E-state index < -0.39 is 11.7 Å². The molecule has 0 radical (unpaired) electrons. The number of aldehydes is 1. The zero-order valence-electron chi connectivity index (χ0n) is 11.9. The van der Waals surface area contributed by atoms with Gasteiger partial charge in [0.15, 0.2) is 6.61 Å². The number of ether oxygens (including phenoxy) is 1. The number of para-hydroxylation sites is 1. The van der Waals surface area contributed by atoms with Gasteiger partial charge in [-0.2, -0.15) is 8.78 Å². The summed E-state index contributed by atoms with van der Waals surface area (Å²) in [4.78, 5) is 22.7. The largest absolute Gasteiger partial charge is 0.484 e. The van der Waals surface area contributed by atoms with Gasteiger partial charge in [0.1, 0.15) is 12.0 Å². The highest BCUT2D eigenvalue weighted by atomic mass is 32.2. The second-order valence-electron chi connectivity index (χ2n) is 4.40. The Morgan fingerprint density at radius 3 is 2.52 bits per heavy atom. The number of carbonyl (C=O) groups is 2. The van der Waals surface area contributed by atoms with Gasteiger partial charge in [0, 0.05) is 10.5 Å².